The number of aromatic nitrogens is 1. The molecule has 0 bridgehead atoms. The Hall–Kier alpha value is -1.84. The lowest BCUT2D eigenvalue weighted by atomic mass is 10.2. The third-order valence-electron chi connectivity index (χ3n) is 3.78. The lowest BCUT2D eigenvalue weighted by Crippen LogP contribution is -2.43. The summed E-state index contributed by atoms with van der Waals surface area (Å²) < 4.78 is 40.4. The fourth-order valence-electron chi connectivity index (χ4n) is 2.67. The lowest BCUT2D eigenvalue weighted by molar-refractivity contribution is -0.119. The number of nitrogens with zero attached hydrogens (tertiary/aromatic N) is 2. The first kappa shape index (κ1) is 17.0. The molecule has 1 aliphatic rings. The summed E-state index contributed by atoms with van der Waals surface area (Å²) in [6, 6.07) is 4.32. The van der Waals surface area contributed by atoms with Gasteiger partial charge in [0.2, 0.25) is 15.9 Å². The van der Waals surface area contributed by atoms with Crippen LogP contribution < -0.4 is 5.32 Å². The van der Waals surface area contributed by atoms with E-state index in [1.165, 1.54) is 29.5 Å². The van der Waals surface area contributed by atoms with E-state index in [1.54, 1.807) is 6.20 Å². The number of nitrogens with one attached hydrogen (secondary N) is 1. The number of hydrogen-bond acceptors (Lipinski definition) is 5. The average Bonchev–Trinajstić information content (AvgIpc) is 3.17. The maximum Gasteiger partial charge on any atom is 0.246 e. The van der Waals surface area contributed by atoms with Gasteiger partial charge in [-0.15, -0.1) is 11.3 Å². The number of thiazole rings is 1. The van der Waals surface area contributed by atoms with Gasteiger partial charge in [0.25, 0.3) is 0 Å². The van der Waals surface area contributed by atoms with Crippen LogP contribution in [0.15, 0.2) is 35.4 Å². The van der Waals surface area contributed by atoms with Gasteiger partial charge in [-0.1, -0.05) is 12.1 Å². The molecule has 9 heteroatoms. The summed E-state index contributed by atoms with van der Waals surface area (Å²) in [6.45, 7) is 2.05. The summed E-state index contributed by atoms with van der Waals surface area (Å²) in [5, 5.41) is 3.07. The third kappa shape index (κ3) is 3.19. The number of aryl methyl sites for hydroxylation is 1. The molecule has 1 N–H and O–H groups in total. The number of benzene rings is 1. The summed E-state index contributed by atoms with van der Waals surface area (Å²) in [6.07, 6.45) is 2.56. The Morgan fingerprint density at radius 1 is 1.42 bits per heavy atom. The summed E-state index contributed by atoms with van der Waals surface area (Å²) >= 11 is 1.31. The maximum absolute atomic E-state index is 13.9. The van der Waals surface area contributed by atoms with Crippen LogP contribution in [0.25, 0.3) is 0 Å². The van der Waals surface area contributed by atoms with Gasteiger partial charge in [-0.25, -0.2) is 17.8 Å². The first-order valence-electron chi connectivity index (χ1n) is 7.39. The van der Waals surface area contributed by atoms with E-state index >= 15 is 0 Å². The number of hydrogen-bond donors (Lipinski definition) is 1. The Balaban J connectivity index is 1.85. The standard InChI is InChI=1S/C15H16FN3O3S2/c1-10-9-17-15(23-10)18-14(20)12-6-4-8-19(12)24(21,22)13-7-3-2-5-11(13)16/h2-3,5,7,9,12H,4,6,8H2,1H3,(H,17,18,20)/t12-/m1/s1. The Bertz CT molecular complexity index is 866. The van der Waals surface area contributed by atoms with Gasteiger partial charge < -0.3 is 5.32 Å². The fraction of sp³-hybridized carbons (Fsp3) is 0.333. The molecule has 3 rings (SSSR count). The van der Waals surface area contributed by atoms with Crippen LogP contribution in [0.4, 0.5) is 9.52 Å². The van der Waals surface area contributed by atoms with Gasteiger partial charge in [-0.05, 0) is 31.9 Å². The minimum Gasteiger partial charge on any atom is -0.301 e. The van der Waals surface area contributed by atoms with E-state index in [9.17, 15) is 17.6 Å². The van der Waals surface area contributed by atoms with Gasteiger partial charge in [0.15, 0.2) is 5.13 Å². The Morgan fingerprint density at radius 3 is 2.83 bits per heavy atom. The van der Waals surface area contributed by atoms with Crippen LogP contribution in [-0.4, -0.2) is 36.2 Å². The molecule has 2 aromatic rings. The Kier molecular flexibility index (Phi) is 4.66. The molecule has 1 atom stereocenters. The largest absolute Gasteiger partial charge is 0.301 e. The zero-order chi connectivity index (χ0) is 17.3. The van der Waals surface area contributed by atoms with Crippen LogP contribution in [0.2, 0.25) is 0 Å². The van der Waals surface area contributed by atoms with Crippen molar-refractivity contribution in [1.82, 2.24) is 9.29 Å². The number of carbonyl (C=O) groups excluding carboxylic acids is 1. The molecular weight excluding hydrogens is 353 g/mol. The normalized spacial score (nSPS) is 18.7. The number of rotatable bonds is 4. The van der Waals surface area contributed by atoms with Crippen LogP contribution in [0.1, 0.15) is 17.7 Å². The topological polar surface area (TPSA) is 79.4 Å². The van der Waals surface area contributed by atoms with E-state index in [-0.39, 0.29) is 6.54 Å². The van der Waals surface area contributed by atoms with Crippen molar-refractivity contribution >= 4 is 32.4 Å². The van der Waals surface area contributed by atoms with Crippen molar-refractivity contribution in [3.8, 4) is 0 Å². The summed E-state index contributed by atoms with van der Waals surface area (Å²) in [7, 11) is -4.07. The van der Waals surface area contributed by atoms with E-state index in [2.05, 4.69) is 10.3 Å². The van der Waals surface area contributed by atoms with Crippen molar-refractivity contribution < 1.29 is 17.6 Å². The van der Waals surface area contributed by atoms with Crippen LogP contribution in [0, 0.1) is 12.7 Å². The summed E-state index contributed by atoms with van der Waals surface area (Å²) in [5.74, 6) is -1.26. The molecule has 1 aromatic heterocycles. The highest BCUT2D eigenvalue weighted by Crippen LogP contribution is 2.28. The van der Waals surface area contributed by atoms with Crippen LogP contribution in [0.5, 0.6) is 0 Å². The highest BCUT2D eigenvalue weighted by molar-refractivity contribution is 7.89. The Labute approximate surface area is 143 Å². The van der Waals surface area contributed by atoms with Crippen molar-refractivity contribution in [2.45, 2.75) is 30.7 Å². The minimum atomic E-state index is -4.07. The number of halogens is 1. The molecule has 1 amide bonds. The van der Waals surface area contributed by atoms with Crippen LogP contribution in [0.3, 0.4) is 0 Å². The van der Waals surface area contributed by atoms with Crippen molar-refractivity contribution in [3.63, 3.8) is 0 Å². The predicted octanol–water partition coefficient (Wildman–Crippen LogP) is 2.38. The predicted molar refractivity (Wildman–Crippen MR) is 88.8 cm³/mol. The quantitative estimate of drug-likeness (QED) is 0.897. The highest BCUT2D eigenvalue weighted by Gasteiger charge is 2.40. The van der Waals surface area contributed by atoms with Gasteiger partial charge >= 0.3 is 0 Å². The molecule has 0 saturated carbocycles. The molecule has 1 aliphatic heterocycles. The number of sulfonamides is 1. The van der Waals surface area contributed by atoms with Crippen LogP contribution in [-0.2, 0) is 14.8 Å². The molecule has 1 saturated heterocycles. The second-order valence-electron chi connectivity index (χ2n) is 5.47. The highest BCUT2D eigenvalue weighted by atomic mass is 32.2. The second-order valence-corrected chi connectivity index (χ2v) is 8.56. The SMILES string of the molecule is Cc1cnc(NC(=O)[C@H]2CCCN2S(=O)(=O)c2ccccc2F)s1. The van der Waals surface area contributed by atoms with Gasteiger partial charge in [-0.3, -0.25) is 4.79 Å². The van der Waals surface area contributed by atoms with Crippen molar-refractivity contribution in [2.75, 3.05) is 11.9 Å². The lowest BCUT2D eigenvalue weighted by Gasteiger charge is -2.23. The molecule has 0 spiro atoms. The minimum absolute atomic E-state index is 0.186. The van der Waals surface area contributed by atoms with Crippen molar-refractivity contribution in [3.05, 3.63) is 41.2 Å². The third-order valence-corrected chi connectivity index (χ3v) is 6.55. The van der Waals surface area contributed by atoms with Gasteiger partial charge in [-0.2, -0.15) is 4.31 Å². The first-order valence-corrected chi connectivity index (χ1v) is 9.65. The van der Waals surface area contributed by atoms with Crippen LogP contribution >= 0.6 is 11.3 Å². The first-order chi connectivity index (χ1) is 11.4. The molecule has 24 heavy (non-hydrogen) atoms. The molecule has 128 valence electrons. The number of amides is 1. The molecule has 0 unspecified atom stereocenters. The summed E-state index contributed by atoms with van der Waals surface area (Å²) in [5.41, 5.74) is 0. The molecule has 1 fully saturated rings. The smallest absolute Gasteiger partial charge is 0.246 e. The van der Waals surface area contributed by atoms with E-state index < -0.39 is 32.7 Å². The van der Waals surface area contributed by atoms with Gasteiger partial charge in [0, 0.05) is 17.6 Å². The molecule has 0 radical (unpaired) electrons. The molecule has 1 aromatic carbocycles. The monoisotopic (exact) mass is 369 g/mol. The molecule has 0 aliphatic carbocycles. The van der Waals surface area contributed by atoms with Gasteiger partial charge in [0.1, 0.15) is 16.8 Å². The zero-order valence-corrected chi connectivity index (χ0v) is 14.5. The second kappa shape index (κ2) is 6.58. The van der Waals surface area contributed by atoms with Crippen molar-refractivity contribution in [1.29, 1.82) is 0 Å². The van der Waals surface area contributed by atoms with E-state index in [4.69, 9.17) is 0 Å². The fourth-order valence-corrected chi connectivity index (χ4v) is 5.06. The van der Waals surface area contributed by atoms with E-state index in [1.807, 2.05) is 6.92 Å². The molecule has 2 heterocycles. The Morgan fingerprint density at radius 2 is 2.17 bits per heavy atom. The van der Waals surface area contributed by atoms with Gasteiger partial charge in [0.05, 0.1) is 0 Å². The number of carbonyl (C=O) groups is 1. The maximum atomic E-state index is 13.9. The summed E-state index contributed by atoms with van der Waals surface area (Å²) in [4.78, 5) is 17.0. The number of anilines is 1. The van der Waals surface area contributed by atoms with Crippen molar-refractivity contribution in [2.24, 2.45) is 0 Å². The average molecular weight is 369 g/mol. The van der Waals surface area contributed by atoms with E-state index in [0.717, 1.165) is 15.2 Å². The molecular formula is C15H16FN3O3S2. The van der Waals surface area contributed by atoms with E-state index in [0.29, 0.717) is 18.0 Å². The zero-order valence-electron chi connectivity index (χ0n) is 12.9. The molecule has 6 nitrogen and oxygen atoms in total.